The summed E-state index contributed by atoms with van der Waals surface area (Å²) in [5.74, 6) is -0.282. The number of ether oxygens (including phenoxy) is 1. The lowest BCUT2D eigenvalue weighted by Gasteiger charge is -2.03. The number of hydrogen-bond donors (Lipinski definition) is 0. The zero-order chi connectivity index (χ0) is 20.3. The van der Waals surface area contributed by atoms with Gasteiger partial charge in [-0.15, -0.1) is 0 Å². The van der Waals surface area contributed by atoms with Crippen LogP contribution in [0.15, 0.2) is 37.2 Å². The molecule has 0 fully saturated rings. The van der Waals surface area contributed by atoms with Crippen molar-refractivity contribution in [3.05, 3.63) is 42.7 Å². The second-order valence-electron chi connectivity index (χ2n) is 7.81. The summed E-state index contributed by atoms with van der Waals surface area (Å²) in [7, 11) is 0. The molecule has 0 bridgehead atoms. The van der Waals surface area contributed by atoms with Crippen LogP contribution in [0.25, 0.3) is 0 Å². The molecule has 0 atom stereocenters. The molecule has 0 saturated heterocycles. The van der Waals surface area contributed by atoms with Gasteiger partial charge in [0, 0.05) is 12.5 Å². The molecule has 0 radical (unpaired) electrons. The largest absolute Gasteiger partial charge is 0.458 e. The Balaban J connectivity index is 1.97. The van der Waals surface area contributed by atoms with Crippen LogP contribution in [0.3, 0.4) is 0 Å². The molecule has 28 heavy (non-hydrogen) atoms. The Kier molecular flexibility index (Phi) is 15.2. The predicted molar refractivity (Wildman–Crippen MR) is 117 cm³/mol. The maximum atomic E-state index is 11.9. The fourth-order valence-corrected chi connectivity index (χ4v) is 3.49. The number of carbonyl (C=O) groups excluding carboxylic acids is 1. The van der Waals surface area contributed by atoms with Crippen molar-refractivity contribution in [2.45, 2.75) is 103 Å². The van der Waals surface area contributed by atoms with Crippen molar-refractivity contribution in [2.24, 2.45) is 0 Å². The van der Waals surface area contributed by atoms with E-state index in [0.29, 0.717) is 5.56 Å². The number of aromatic nitrogens is 1. The van der Waals surface area contributed by atoms with Crippen LogP contribution in [0.2, 0.25) is 0 Å². The molecule has 0 unspecified atom stereocenters. The highest BCUT2D eigenvalue weighted by molar-refractivity contribution is 5.88. The number of carbonyl (C=O) groups is 1. The highest BCUT2D eigenvalue weighted by Gasteiger charge is 2.11. The van der Waals surface area contributed by atoms with Gasteiger partial charge >= 0.3 is 5.97 Å². The van der Waals surface area contributed by atoms with Gasteiger partial charge in [0.25, 0.3) is 0 Å². The molecule has 1 aromatic rings. The van der Waals surface area contributed by atoms with E-state index >= 15 is 0 Å². The Morgan fingerprint density at radius 3 is 2.00 bits per heavy atom. The Labute approximate surface area is 173 Å². The van der Waals surface area contributed by atoms with Crippen LogP contribution in [0.5, 0.6) is 0 Å². The molecule has 0 aliphatic carbocycles. The third-order valence-corrected chi connectivity index (χ3v) is 5.20. The Morgan fingerprint density at radius 2 is 1.46 bits per heavy atom. The van der Waals surface area contributed by atoms with E-state index in [-0.39, 0.29) is 12.6 Å². The van der Waals surface area contributed by atoms with Crippen LogP contribution in [0.1, 0.15) is 107 Å². The summed E-state index contributed by atoms with van der Waals surface area (Å²) in [5.41, 5.74) is 0.606. The first-order chi connectivity index (χ1) is 13.8. The number of unbranched alkanes of at least 4 members (excludes halogenated alkanes) is 13. The lowest BCUT2D eigenvalue weighted by Crippen LogP contribution is -2.34. The monoisotopic (exact) mass is 388 g/mol. The van der Waals surface area contributed by atoms with Gasteiger partial charge in [0.2, 0.25) is 0 Å². The molecule has 158 valence electrons. The minimum Gasteiger partial charge on any atom is -0.458 e. The molecule has 0 aromatic carbocycles. The topological polar surface area (TPSA) is 30.2 Å². The quantitative estimate of drug-likeness (QED) is 0.120. The average molecular weight is 389 g/mol. The zero-order valence-electron chi connectivity index (χ0n) is 18.2. The second kappa shape index (κ2) is 17.5. The van der Waals surface area contributed by atoms with Crippen LogP contribution in [-0.4, -0.2) is 12.6 Å². The Hall–Kier alpha value is -1.64. The number of rotatable bonds is 18. The van der Waals surface area contributed by atoms with E-state index in [1.807, 2.05) is 18.5 Å². The molecule has 1 heterocycles. The lowest BCUT2D eigenvalue weighted by atomic mass is 10.0. The van der Waals surface area contributed by atoms with Crippen molar-refractivity contribution in [2.75, 3.05) is 6.61 Å². The summed E-state index contributed by atoms with van der Waals surface area (Å²) in [6.07, 6.45) is 24.7. The van der Waals surface area contributed by atoms with Crippen molar-refractivity contribution >= 4 is 5.97 Å². The first kappa shape index (κ1) is 24.4. The van der Waals surface area contributed by atoms with Gasteiger partial charge in [0.05, 0.1) is 0 Å². The molecule has 0 N–H and O–H groups in total. The van der Waals surface area contributed by atoms with E-state index in [0.717, 1.165) is 13.0 Å². The third-order valence-electron chi connectivity index (χ3n) is 5.20. The Morgan fingerprint density at radius 1 is 0.929 bits per heavy atom. The number of nitrogens with zero attached hydrogens (tertiary/aromatic N) is 1. The van der Waals surface area contributed by atoms with Gasteiger partial charge in [0.1, 0.15) is 18.7 Å². The van der Waals surface area contributed by atoms with Crippen LogP contribution >= 0.6 is 0 Å². The maximum Gasteiger partial charge on any atom is 0.344 e. The number of pyridine rings is 1. The summed E-state index contributed by atoms with van der Waals surface area (Å²) in [6, 6.07) is 3.71. The molecule has 3 heteroatoms. The molecule has 0 saturated carbocycles. The molecular weight excluding hydrogens is 346 g/mol. The number of esters is 1. The van der Waals surface area contributed by atoms with E-state index in [2.05, 4.69) is 18.1 Å². The van der Waals surface area contributed by atoms with Crippen LogP contribution in [0, 0.1) is 0 Å². The van der Waals surface area contributed by atoms with E-state index in [1.54, 1.807) is 12.1 Å². The first-order valence-corrected chi connectivity index (χ1v) is 11.5. The van der Waals surface area contributed by atoms with E-state index in [9.17, 15) is 4.79 Å². The maximum absolute atomic E-state index is 11.9. The van der Waals surface area contributed by atoms with E-state index in [4.69, 9.17) is 4.74 Å². The molecule has 0 spiro atoms. The van der Waals surface area contributed by atoms with Gasteiger partial charge in [-0.05, 0) is 12.5 Å². The summed E-state index contributed by atoms with van der Waals surface area (Å²) in [5, 5.41) is 0. The summed E-state index contributed by atoms with van der Waals surface area (Å²) >= 11 is 0. The highest BCUT2D eigenvalue weighted by Crippen LogP contribution is 2.13. The summed E-state index contributed by atoms with van der Waals surface area (Å²) < 4.78 is 7.18. The fourth-order valence-electron chi connectivity index (χ4n) is 3.49. The van der Waals surface area contributed by atoms with Crippen LogP contribution in [0.4, 0.5) is 0 Å². The van der Waals surface area contributed by atoms with Crippen molar-refractivity contribution in [3.8, 4) is 0 Å². The van der Waals surface area contributed by atoms with Crippen molar-refractivity contribution in [1.29, 1.82) is 0 Å². The van der Waals surface area contributed by atoms with Gasteiger partial charge in [0.15, 0.2) is 12.4 Å². The average Bonchev–Trinajstić information content (AvgIpc) is 2.72. The summed E-state index contributed by atoms with van der Waals surface area (Å²) in [6.45, 7) is 7.06. The minimum absolute atomic E-state index is 0.257. The van der Waals surface area contributed by atoms with Crippen LogP contribution < -0.4 is 4.57 Å². The SMILES string of the molecule is C=CCOC(=O)c1ccc[n+](CCCCCCCCCCCCCCCC)c1. The molecule has 1 rings (SSSR count). The number of hydrogen-bond acceptors (Lipinski definition) is 2. The summed E-state index contributed by atoms with van der Waals surface area (Å²) in [4.78, 5) is 11.9. The van der Waals surface area contributed by atoms with E-state index < -0.39 is 0 Å². The first-order valence-electron chi connectivity index (χ1n) is 11.5. The predicted octanol–water partition coefficient (Wildman–Crippen LogP) is 6.80. The van der Waals surface area contributed by atoms with Crippen molar-refractivity contribution in [1.82, 2.24) is 0 Å². The van der Waals surface area contributed by atoms with Gasteiger partial charge < -0.3 is 4.74 Å². The number of aryl methyl sites for hydroxylation is 1. The lowest BCUT2D eigenvalue weighted by molar-refractivity contribution is -0.697. The molecular formula is C25H42NO2+. The van der Waals surface area contributed by atoms with Crippen molar-refractivity contribution < 1.29 is 14.1 Å². The molecule has 0 amide bonds. The molecule has 1 aromatic heterocycles. The van der Waals surface area contributed by atoms with Crippen LogP contribution in [-0.2, 0) is 11.3 Å². The zero-order valence-corrected chi connectivity index (χ0v) is 18.2. The van der Waals surface area contributed by atoms with Gasteiger partial charge in [-0.3, -0.25) is 0 Å². The normalized spacial score (nSPS) is 10.8. The standard InChI is InChI=1S/C25H42NO2/c1-3-5-6-7-8-9-10-11-12-13-14-15-16-17-20-26-21-18-19-24(23-26)25(27)28-22-4-2/h4,18-19,21,23H,2-3,5-17,20,22H2,1H3/q+1. The van der Waals surface area contributed by atoms with Crippen molar-refractivity contribution in [3.63, 3.8) is 0 Å². The van der Waals surface area contributed by atoms with E-state index in [1.165, 1.54) is 83.5 Å². The smallest absolute Gasteiger partial charge is 0.344 e. The Bertz CT molecular complexity index is 527. The van der Waals surface area contributed by atoms with Gasteiger partial charge in [-0.25, -0.2) is 9.36 Å². The van der Waals surface area contributed by atoms with Gasteiger partial charge in [-0.1, -0.05) is 96.6 Å². The molecule has 0 aliphatic heterocycles. The molecule has 0 aliphatic rings. The second-order valence-corrected chi connectivity index (χ2v) is 7.81. The van der Waals surface area contributed by atoms with Gasteiger partial charge in [-0.2, -0.15) is 0 Å². The molecule has 3 nitrogen and oxygen atoms in total. The third kappa shape index (κ3) is 12.7. The minimum atomic E-state index is -0.282. The fraction of sp³-hybridized carbons (Fsp3) is 0.680. The highest BCUT2D eigenvalue weighted by atomic mass is 16.5.